The molecule has 3 heterocycles. The lowest BCUT2D eigenvalue weighted by molar-refractivity contribution is 0.574. The van der Waals surface area contributed by atoms with E-state index in [0.29, 0.717) is 11.1 Å². The van der Waals surface area contributed by atoms with E-state index in [1.54, 1.807) is 29.7 Å². The highest BCUT2D eigenvalue weighted by atomic mass is 35.5. The summed E-state index contributed by atoms with van der Waals surface area (Å²) in [5, 5.41) is 5.10. The van der Waals surface area contributed by atoms with Gasteiger partial charge in [-0.1, -0.05) is 23.7 Å². The first-order chi connectivity index (χ1) is 11.5. The molecule has 0 bridgehead atoms. The SMILES string of the molecule is Cc1cc2c(s1)c1cnn(Cc3cccc(Cl)c3F)c(=O)c1n2C. The third-order valence-electron chi connectivity index (χ3n) is 4.15. The molecule has 0 amide bonds. The van der Waals surface area contributed by atoms with Crippen LogP contribution in [0.4, 0.5) is 4.39 Å². The second kappa shape index (κ2) is 5.43. The molecule has 4 aromatic rings. The number of halogens is 2. The molecule has 0 unspecified atom stereocenters. The molecule has 3 aromatic heterocycles. The van der Waals surface area contributed by atoms with Gasteiger partial charge < -0.3 is 4.57 Å². The zero-order chi connectivity index (χ0) is 17.0. The number of rotatable bonds is 2. The molecule has 1 aromatic carbocycles. The molecule has 0 spiro atoms. The lowest BCUT2D eigenvalue weighted by atomic mass is 10.2. The van der Waals surface area contributed by atoms with Crippen molar-refractivity contribution in [1.29, 1.82) is 0 Å². The number of benzene rings is 1. The van der Waals surface area contributed by atoms with Crippen LogP contribution in [0.25, 0.3) is 21.1 Å². The molecule has 122 valence electrons. The summed E-state index contributed by atoms with van der Waals surface area (Å²) in [6.07, 6.45) is 1.68. The Morgan fingerprint density at radius 3 is 2.96 bits per heavy atom. The largest absolute Gasteiger partial charge is 0.338 e. The lowest BCUT2D eigenvalue weighted by Crippen LogP contribution is -2.25. The van der Waals surface area contributed by atoms with Crippen molar-refractivity contribution in [3.63, 3.8) is 0 Å². The van der Waals surface area contributed by atoms with Gasteiger partial charge in [-0.05, 0) is 19.1 Å². The fourth-order valence-electron chi connectivity index (χ4n) is 2.98. The Hall–Kier alpha value is -2.18. The Labute approximate surface area is 145 Å². The van der Waals surface area contributed by atoms with Gasteiger partial charge >= 0.3 is 0 Å². The highest BCUT2D eigenvalue weighted by Gasteiger charge is 2.17. The maximum atomic E-state index is 14.1. The van der Waals surface area contributed by atoms with Crippen LogP contribution in [0.2, 0.25) is 5.02 Å². The summed E-state index contributed by atoms with van der Waals surface area (Å²) >= 11 is 7.45. The maximum absolute atomic E-state index is 14.1. The second-order valence-electron chi connectivity index (χ2n) is 5.71. The average Bonchev–Trinajstić information content (AvgIpc) is 3.04. The van der Waals surface area contributed by atoms with Gasteiger partial charge in [0.05, 0.1) is 28.0 Å². The number of fused-ring (bicyclic) bond motifs is 3. The van der Waals surface area contributed by atoms with Crippen LogP contribution in [0.15, 0.2) is 35.3 Å². The second-order valence-corrected chi connectivity index (χ2v) is 7.38. The van der Waals surface area contributed by atoms with Gasteiger partial charge in [-0.15, -0.1) is 11.3 Å². The van der Waals surface area contributed by atoms with Gasteiger partial charge in [-0.2, -0.15) is 5.10 Å². The lowest BCUT2D eigenvalue weighted by Gasteiger charge is -2.07. The number of aryl methyl sites for hydroxylation is 2. The topological polar surface area (TPSA) is 39.8 Å². The van der Waals surface area contributed by atoms with E-state index in [4.69, 9.17) is 11.6 Å². The minimum Gasteiger partial charge on any atom is -0.338 e. The van der Waals surface area contributed by atoms with Crippen LogP contribution in [-0.4, -0.2) is 14.3 Å². The first kappa shape index (κ1) is 15.4. The minimum absolute atomic E-state index is 0.0384. The highest BCUT2D eigenvalue weighted by molar-refractivity contribution is 7.20. The first-order valence-corrected chi connectivity index (χ1v) is 8.54. The number of thiophene rings is 1. The van der Waals surface area contributed by atoms with E-state index in [9.17, 15) is 9.18 Å². The van der Waals surface area contributed by atoms with Gasteiger partial charge in [-0.25, -0.2) is 9.07 Å². The van der Waals surface area contributed by atoms with Gasteiger partial charge in [0.1, 0.15) is 11.3 Å². The molecule has 0 aliphatic carbocycles. The summed E-state index contributed by atoms with van der Waals surface area (Å²) in [5.41, 5.74) is 1.69. The normalized spacial score (nSPS) is 11.7. The van der Waals surface area contributed by atoms with Crippen LogP contribution in [-0.2, 0) is 13.6 Å². The molecule has 0 atom stereocenters. The van der Waals surface area contributed by atoms with E-state index >= 15 is 0 Å². The number of nitrogens with zero attached hydrogens (tertiary/aromatic N) is 3. The van der Waals surface area contributed by atoms with Gasteiger partial charge in [-0.3, -0.25) is 4.79 Å². The summed E-state index contributed by atoms with van der Waals surface area (Å²) in [4.78, 5) is 14.0. The third-order valence-corrected chi connectivity index (χ3v) is 5.51. The number of aromatic nitrogens is 3. The molecule has 0 saturated carbocycles. The summed E-state index contributed by atoms with van der Waals surface area (Å²) < 4.78 is 18.3. The van der Waals surface area contributed by atoms with Crippen LogP contribution >= 0.6 is 22.9 Å². The summed E-state index contributed by atoms with van der Waals surface area (Å²) in [6.45, 7) is 2.08. The van der Waals surface area contributed by atoms with Crippen molar-refractivity contribution >= 4 is 44.1 Å². The van der Waals surface area contributed by atoms with Crippen LogP contribution in [0, 0.1) is 12.7 Å². The molecule has 0 aliphatic heterocycles. The number of hydrogen-bond acceptors (Lipinski definition) is 3. The van der Waals surface area contributed by atoms with Crippen LogP contribution in [0.5, 0.6) is 0 Å². The predicted molar refractivity (Wildman–Crippen MR) is 95.6 cm³/mol. The maximum Gasteiger partial charge on any atom is 0.291 e. The molecule has 0 N–H and O–H groups in total. The van der Waals surface area contributed by atoms with Crippen molar-refractivity contribution in [2.24, 2.45) is 7.05 Å². The summed E-state index contributed by atoms with van der Waals surface area (Å²) in [6, 6.07) is 6.80. The Balaban J connectivity index is 1.92. The van der Waals surface area contributed by atoms with E-state index in [-0.39, 0.29) is 17.1 Å². The summed E-state index contributed by atoms with van der Waals surface area (Å²) in [5.74, 6) is -0.517. The zero-order valence-electron chi connectivity index (χ0n) is 13.0. The Morgan fingerprint density at radius 2 is 2.17 bits per heavy atom. The molecule has 24 heavy (non-hydrogen) atoms. The van der Waals surface area contributed by atoms with E-state index < -0.39 is 5.82 Å². The van der Waals surface area contributed by atoms with E-state index in [1.807, 2.05) is 18.5 Å². The Bertz CT molecular complexity index is 1160. The van der Waals surface area contributed by atoms with Crippen molar-refractivity contribution in [2.75, 3.05) is 0 Å². The Morgan fingerprint density at radius 1 is 1.38 bits per heavy atom. The molecular formula is C17H13ClFN3OS. The zero-order valence-corrected chi connectivity index (χ0v) is 14.6. The molecule has 0 radical (unpaired) electrons. The molecule has 0 saturated heterocycles. The van der Waals surface area contributed by atoms with E-state index in [0.717, 1.165) is 15.6 Å². The molecular weight excluding hydrogens is 349 g/mol. The molecule has 4 nitrogen and oxygen atoms in total. The highest BCUT2D eigenvalue weighted by Crippen LogP contribution is 2.32. The Kier molecular flexibility index (Phi) is 3.47. The monoisotopic (exact) mass is 361 g/mol. The van der Waals surface area contributed by atoms with Crippen molar-refractivity contribution in [2.45, 2.75) is 13.5 Å². The van der Waals surface area contributed by atoms with Crippen molar-refractivity contribution < 1.29 is 4.39 Å². The third kappa shape index (κ3) is 2.17. The molecule has 4 rings (SSSR count). The van der Waals surface area contributed by atoms with Crippen LogP contribution in [0.1, 0.15) is 10.4 Å². The smallest absolute Gasteiger partial charge is 0.291 e. The number of hydrogen-bond donors (Lipinski definition) is 0. The summed E-state index contributed by atoms with van der Waals surface area (Å²) in [7, 11) is 1.86. The fourth-order valence-corrected chi connectivity index (χ4v) is 4.22. The van der Waals surface area contributed by atoms with Gasteiger partial charge in [0.2, 0.25) is 0 Å². The van der Waals surface area contributed by atoms with Crippen LogP contribution < -0.4 is 5.56 Å². The first-order valence-electron chi connectivity index (χ1n) is 7.35. The van der Waals surface area contributed by atoms with E-state index in [2.05, 4.69) is 11.2 Å². The minimum atomic E-state index is -0.517. The van der Waals surface area contributed by atoms with Crippen molar-refractivity contribution in [3.05, 3.63) is 62.1 Å². The van der Waals surface area contributed by atoms with Crippen molar-refractivity contribution in [1.82, 2.24) is 14.3 Å². The van der Waals surface area contributed by atoms with Gasteiger partial charge in [0.15, 0.2) is 0 Å². The predicted octanol–water partition coefficient (Wildman–Crippen LogP) is 4.10. The molecule has 0 fully saturated rings. The quantitative estimate of drug-likeness (QED) is 0.539. The van der Waals surface area contributed by atoms with Crippen molar-refractivity contribution in [3.8, 4) is 0 Å². The fraction of sp³-hybridized carbons (Fsp3) is 0.176. The van der Waals surface area contributed by atoms with Gasteiger partial charge in [0, 0.05) is 22.9 Å². The average molecular weight is 362 g/mol. The molecule has 0 aliphatic rings. The van der Waals surface area contributed by atoms with Crippen LogP contribution in [0.3, 0.4) is 0 Å². The standard InChI is InChI=1S/C17H13ClFN3OS/c1-9-6-13-16(24-9)11-7-20-22(17(23)15(11)21(13)2)8-10-4-3-5-12(18)14(10)19/h3-7H,8H2,1-2H3. The molecule has 7 heteroatoms. The van der Waals surface area contributed by atoms with Gasteiger partial charge in [0.25, 0.3) is 5.56 Å². The van der Waals surface area contributed by atoms with E-state index in [1.165, 1.54) is 15.6 Å².